The first-order chi connectivity index (χ1) is 11.3. The summed E-state index contributed by atoms with van der Waals surface area (Å²) in [5.74, 6) is 2.22. The third-order valence-corrected chi connectivity index (χ3v) is 4.22. The minimum atomic E-state index is -0.148. The van der Waals surface area contributed by atoms with Crippen molar-refractivity contribution in [1.82, 2.24) is 15.0 Å². The summed E-state index contributed by atoms with van der Waals surface area (Å²) in [5.41, 5.74) is 0.520. The summed E-state index contributed by atoms with van der Waals surface area (Å²) in [6, 6.07) is 5.21. The number of hydrogen-bond acceptors (Lipinski definition) is 6. The van der Waals surface area contributed by atoms with Gasteiger partial charge in [0.05, 0.1) is 11.6 Å². The van der Waals surface area contributed by atoms with Crippen molar-refractivity contribution in [2.75, 3.05) is 13.3 Å². The van der Waals surface area contributed by atoms with Crippen LogP contribution in [0.15, 0.2) is 22.7 Å². The molecule has 2 aliphatic rings. The van der Waals surface area contributed by atoms with Crippen LogP contribution in [0.3, 0.4) is 0 Å². The molecule has 1 saturated heterocycles. The molecule has 4 rings (SSSR count). The van der Waals surface area contributed by atoms with Crippen molar-refractivity contribution in [3.8, 4) is 11.5 Å². The Hall–Kier alpha value is -2.57. The molecule has 7 heteroatoms. The van der Waals surface area contributed by atoms with E-state index in [1.807, 2.05) is 6.92 Å². The molecule has 0 saturated carbocycles. The van der Waals surface area contributed by atoms with E-state index in [-0.39, 0.29) is 18.7 Å². The predicted octanol–water partition coefficient (Wildman–Crippen LogP) is 2.34. The van der Waals surface area contributed by atoms with Crippen LogP contribution in [0, 0.1) is 0 Å². The number of likely N-dealkylation sites (tertiary alicyclic amines) is 1. The first-order valence-corrected chi connectivity index (χ1v) is 7.80. The van der Waals surface area contributed by atoms with E-state index in [1.54, 1.807) is 23.1 Å². The molecule has 7 nitrogen and oxygen atoms in total. The van der Waals surface area contributed by atoms with Crippen LogP contribution in [0.4, 0.5) is 0 Å². The van der Waals surface area contributed by atoms with Gasteiger partial charge in [-0.15, -0.1) is 0 Å². The van der Waals surface area contributed by atoms with Gasteiger partial charge in [-0.05, 0) is 25.0 Å². The number of nitrogens with zero attached hydrogens (tertiary/aromatic N) is 3. The molecule has 0 spiro atoms. The number of hydrogen-bond donors (Lipinski definition) is 0. The Morgan fingerprint density at radius 3 is 3.13 bits per heavy atom. The topological polar surface area (TPSA) is 77.7 Å². The zero-order chi connectivity index (χ0) is 15.8. The fraction of sp³-hybridized carbons (Fsp3) is 0.438. The van der Waals surface area contributed by atoms with Gasteiger partial charge in [-0.3, -0.25) is 4.79 Å². The molecule has 120 valence electrons. The van der Waals surface area contributed by atoms with E-state index in [4.69, 9.17) is 14.0 Å². The molecular weight excluding hydrogens is 298 g/mol. The van der Waals surface area contributed by atoms with Gasteiger partial charge in [-0.2, -0.15) is 4.98 Å². The quantitative estimate of drug-likeness (QED) is 0.865. The first-order valence-electron chi connectivity index (χ1n) is 7.80. The van der Waals surface area contributed by atoms with E-state index in [1.165, 1.54) is 0 Å². The molecule has 0 radical (unpaired) electrons. The molecule has 2 aromatic rings. The number of rotatable bonds is 3. The van der Waals surface area contributed by atoms with Crippen molar-refractivity contribution in [2.24, 2.45) is 0 Å². The Morgan fingerprint density at radius 2 is 2.30 bits per heavy atom. The summed E-state index contributed by atoms with van der Waals surface area (Å²) >= 11 is 0. The van der Waals surface area contributed by atoms with E-state index >= 15 is 0 Å². The minimum Gasteiger partial charge on any atom is -0.454 e. The highest BCUT2D eigenvalue weighted by atomic mass is 16.7. The van der Waals surface area contributed by atoms with E-state index in [0.29, 0.717) is 41.7 Å². The smallest absolute Gasteiger partial charge is 0.258 e. The lowest BCUT2D eigenvalue weighted by Crippen LogP contribution is -2.31. The molecule has 0 unspecified atom stereocenters. The summed E-state index contributed by atoms with van der Waals surface area (Å²) in [6.45, 7) is 2.78. The second-order valence-electron chi connectivity index (χ2n) is 5.60. The zero-order valence-corrected chi connectivity index (χ0v) is 12.8. The third kappa shape index (κ3) is 2.32. The summed E-state index contributed by atoms with van der Waals surface area (Å²) in [4.78, 5) is 19.1. The number of benzene rings is 1. The van der Waals surface area contributed by atoms with E-state index in [0.717, 1.165) is 12.8 Å². The third-order valence-electron chi connectivity index (χ3n) is 4.22. The van der Waals surface area contributed by atoms with Crippen molar-refractivity contribution in [3.63, 3.8) is 0 Å². The maximum atomic E-state index is 13.0. The van der Waals surface area contributed by atoms with Gasteiger partial charge >= 0.3 is 0 Å². The fourth-order valence-corrected chi connectivity index (χ4v) is 3.08. The minimum absolute atomic E-state index is 0.0855. The molecule has 0 bridgehead atoms. The van der Waals surface area contributed by atoms with Crippen LogP contribution in [0.1, 0.15) is 47.9 Å². The lowest BCUT2D eigenvalue weighted by Gasteiger charge is -2.22. The number of aromatic nitrogens is 2. The maximum Gasteiger partial charge on any atom is 0.258 e. The predicted molar refractivity (Wildman–Crippen MR) is 79.3 cm³/mol. The van der Waals surface area contributed by atoms with E-state index in [9.17, 15) is 4.79 Å². The Morgan fingerprint density at radius 1 is 1.39 bits per heavy atom. The summed E-state index contributed by atoms with van der Waals surface area (Å²) in [6.07, 6.45) is 2.44. The van der Waals surface area contributed by atoms with Crippen molar-refractivity contribution in [3.05, 3.63) is 35.5 Å². The highest BCUT2D eigenvalue weighted by Gasteiger charge is 2.36. The van der Waals surface area contributed by atoms with Gasteiger partial charge < -0.3 is 18.9 Å². The van der Waals surface area contributed by atoms with Crippen LogP contribution in [0.2, 0.25) is 0 Å². The zero-order valence-electron chi connectivity index (χ0n) is 12.8. The second kappa shape index (κ2) is 5.57. The second-order valence-corrected chi connectivity index (χ2v) is 5.60. The summed E-state index contributed by atoms with van der Waals surface area (Å²) < 4.78 is 16.0. The van der Waals surface area contributed by atoms with Crippen LogP contribution in [-0.4, -0.2) is 34.3 Å². The Labute approximate surface area is 133 Å². The molecule has 1 fully saturated rings. The number of aryl methyl sites for hydroxylation is 1. The van der Waals surface area contributed by atoms with Crippen LogP contribution >= 0.6 is 0 Å². The number of ether oxygens (including phenoxy) is 2. The van der Waals surface area contributed by atoms with E-state index < -0.39 is 0 Å². The number of fused-ring (bicyclic) bond motifs is 1. The number of carbonyl (C=O) groups is 1. The summed E-state index contributed by atoms with van der Waals surface area (Å²) in [5, 5.41) is 4.03. The highest BCUT2D eigenvalue weighted by molar-refractivity contribution is 5.98. The van der Waals surface area contributed by atoms with Gasteiger partial charge in [0.2, 0.25) is 12.7 Å². The van der Waals surface area contributed by atoms with Gasteiger partial charge in [-0.25, -0.2) is 0 Å². The number of amides is 1. The molecule has 0 aliphatic carbocycles. The van der Waals surface area contributed by atoms with Crippen LogP contribution < -0.4 is 9.47 Å². The average Bonchev–Trinajstić information content (AvgIpc) is 3.31. The first kappa shape index (κ1) is 14.0. The molecule has 3 heterocycles. The molecule has 1 aromatic heterocycles. The fourth-order valence-electron chi connectivity index (χ4n) is 3.08. The Bertz CT molecular complexity index is 743. The SMILES string of the molecule is CCc1nc([C@H]2CCCN2C(=O)c2cccc3c2OCO3)no1. The molecule has 1 aromatic carbocycles. The normalized spacial score (nSPS) is 19.3. The Balaban J connectivity index is 1.64. The molecule has 1 amide bonds. The highest BCUT2D eigenvalue weighted by Crippen LogP contribution is 2.38. The number of carbonyl (C=O) groups excluding carboxylic acids is 1. The number of para-hydroxylation sites is 1. The van der Waals surface area contributed by atoms with Crippen LogP contribution in [0.5, 0.6) is 11.5 Å². The van der Waals surface area contributed by atoms with Gasteiger partial charge in [0, 0.05) is 13.0 Å². The van der Waals surface area contributed by atoms with Gasteiger partial charge in [0.15, 0.2) is 17.3 Å². The van der Waals surface area contributed by atoms with Crippen LogP contribution in [0.25, 0.3) is 0 Å². The standard InChI is InChI=1S/C16H17N3O4/c1-2-13-17-15(18-23-13)11-6-4-8-19(11)16(20)10-5-3-7-12-14(10)22-9-21-12/h3,5,7,11H,2,4,6,8-9H2,1H3/t11-/m1/s1. The molecule has 23 heavy (non-hydrogen) atoms. The van der Waals surface area contributed by atoms with Gasteiger partial charge in [0.25, 0.3) is 5.91 Å². The van der Waals surface area contributed by atoms with Crippen molar-refractivity contribution >= 4 is 5.91 Å². The van der Waals surface area contributed by atoms with Crippen molar-refractivity contribution < 1.29 is 18.8 Å². The molecule has 1 atom stereocenters. The lowest BCUT2D eigenvalue weighted by atomic mass is 10.1. The van der Waals surface area contributed by atoms with Crippen molar-refractivity contribution in [1.29, 1.82) is 0 Å². The molecule has 2 aliphatic heterocycles. The average molecular weight is 315 g/mol. The Kier molecular flexibility index (Phi) is 3.40. The van der Waals surface area contributed by atoms with Crippen molar-refractivity contribution in [2.45, 2.75) is 32.2 Å². The molecular formula is C16H17N3O4. The molecule has 0 N–H and O–H groups in total. The van der Waals surface area contributed by atoms with Gasteiger partial charge in [0.1, 0.15) is 0 Å². The summed E-state index contributed by atoms with van der Waals surface area (Å²) in [7, 11) is 0. The lowest BCUT2D eigenvalue weighted by molar-refractivity contribution is 0.0723. The largest absolute Gasteiger partial charge is 0.454 e. The van der Waals surface area contributed by atoms with Gasteiger partial charge in [-0.1, -0.05) is 18.1 Å². The maximum absolute atomic E-state index is 13.0. The van der Waals surface area contributed by atoms with Crippen LogP contribution in [-0.2, 0) is 6.42 Å². The van der Waals surface area contributed by atoms with E-state index in [2.05, 4.69) is 10.1 Å². The monoisotopic (exact) mass is 315 g/mol.